The van der Waals surface area contributed by atoms with Crippen LogP contribution in [0.1, 0.15) is 67.6 Å². The average molecular weight is 742 g/mol. The van der Waals surface area contributed by atoms with E-state index in [4.69, 9.17) is 28.1 Å². The Bertz CT molecular complexity index is 2240. The Kier molecular flexibility index (Phi) is 7.37. The molecule has 4 aromatic rings. The zero-order chi connectivity index (χ0) is 36.7. The zero-order valence-corrected chi connectivity index (χ0v) is 31.4. The van der Waals surface area contributed by atoms with Crippen LogP contribution in [0.2, 0.25) is 0 Å². The number of aromatic hydroxyl groups is 1. The van der Waals surface area contributed by atoms with Crippen LogP contribution in [0.15, 0.2) is 28.7 Å². The topological polar surface area (TPSA) is 135 Å². The number of nitrogens with zero attached hydrogens (tertiary/aromatic N) is 2. The van der Waals surface area contributed by atoms with E-state index in [-0.39, 0.29) is 48.3 Å². The Morgan fingerprint density at radius 1 is 1.02 bits per heavy atom. The molecule has 1 spiro atoms. The van der Waals surface area contributed by atoms with Crippen LogP contribution in [0.4, 0.5) is 0 Å². The average Bonchev–Trinajstić information content (AvgIpc) is 3.79. The summed E-state index contributed by atoms with van der Waals surface area (Å²) in [5.41, 5.74) is 7.08. The van der Waals surface area contributed by atoms with Crippen molar-refractivity contribution in [3.8, 4) is 28.7 Å². The molecule has 53 heavy (non-hydrogen) atoms. The van der Waals surface area contributed by atoms with Gasteiger partial charge in [0, 0.05) is 45.7 Å². The number of thioether (sulfide) groups is 1. The number of rotatable bonds is 2. The third-order valence-corrected chi connectivity index (χ3v) is 14.4. The number of nitrogens with one attached hydrogen (secondary N) is 1. The Balaban J connectivity index is 1.21. The fourth-order valence-corrected chi connectivity index (χ4v) is 12.1. The number of phenolic OH excluding ortho intramolecular Hbond substituents is 1. The maximum absolute atomic E-state index is 14.7. The Morgan fingerprint density at radius 3 is 2.62 bits per heavy atom. The predicted octanol–water partition coefficient (Wildman–Crippen LogP) is 4.84. The molecule has 0 saturated carbocycles. The molecular weight excluding hydrogens is 699 g/mol. The van der Waals surface area contributed by atoms with Gasteiger partial charge in [-0.2, -0.15) is 0 Å². The molecule has 4 bridgehead atoms. The van der Waals surface area contributed by atoms with Crippen molar-refractivity contribution in [1.82, 2.24) is 15.1 Å². The molecule has 1 aromatic heterocycles. The van der Waals surface area contributed by atoms with Gasteiger partial charge in [0.05, 0.1) is 32.3 Å². The monoisotopic (exact) mass is 741 g/mol. The summed E-state index contributed by atoms with van der Waals surface area (Å²) in [6, 6.07) is 6.26. The Hall–Kier alpha value is -4.14. The smallest absolute Gasteiger partial charge is 0.335 e. The van der Waals surface area contributed by atoms with Crippen LogP contribution in [0.25, 0.3) is 11.0 Å². The normalized spacial score (nSPS) is 30.1. The van der Waals surface area contributed by atoms with Crippen molar-refractivity contribution in [2.24, 2.45) is 0 Å². The minimum Gasteiger partial charge on any atom is -0.504 e. The molecule has 3 N–H and O–H groups in total. The van der Waals surface area contributed by atoms with E-state index in [1.54, 1.807) is 26.0 Å². The standard InChI is InChI=1S/C40H43N3O9S/c1-17-11-20-12-24-38(45)43-25-14-49-39(46)40(37-22(9-10-41-40)23-13-21(47-5)7-8-26(23)52-37)15-53-36(27-18(2)19(3)34-35(29(25)27)51-16-50-34)31(43)30(42(24)4)28(20)32(44)33(17)48-6/h7-8,11,13,24-25,30-31,36,38,41,44-45H,9-10,12,14-16H2,1-6H3/t24-,25+,30+,31-,36-,38+,40-/m1/s1. The van der Waals surface area contributed by atoms with Gasteiger partial charge < -0.3 is 38.3 Å². The number of ether oxygens (including phenoxy) is 5. The summed E-state index contributed by atoms with van der Waals surface area (Å²) in [5, 5.41) is 28.8. The van der Waals surface area contributed by atoms with Gasteiger partial charge in [-0.3, -0.25) is 15.1 Å². The van der Waals surface area contributed by atoms with Gasteiger partial charge in [-0.15, -0.1) is 11.8 Å². The molecule has 2 saturated heterocycles. The third-order valence-electron chi connectivity index (χ3n) is 12.9. The summed E-state index contributed by atoms with van der Waals surface area (Å²) >= 11 is 1.65. The van der Waals surface area contributed by atoms with Crippen LogP contribution in [-0.4, -0.2) is 91.3 Å². The van der Waals surface area contributed by atoms with E-state index in [0.29, 0.717) is 48.0 Å². The SMILES string of the molecule is COc1ccc2oc3c(c2c1)CCN[C@]31CS[C@@H]2c3c(C)c(C)c4c(c3[C@H](COC1=O)N1[C@@H]2[C@@H]2c3c(cc(C)c(OC)c3O)C[C@H]([C@@H]1O)N2C)OCO4. The molecule has 2 fully saturated rings. The van der Waals surface area contributed by atoms with E-state index in [2.05, 4.69) is 35.0 Å². The summed E-state index contributed by atoms with van der Waals surface area (Å²) in [6.45, 7) is 6.72. The van der Waals surface area contributed by atoms with Crippen molar-refractivity contribution < 1.29 is 43.1 Å². The van der Waals surface area contributed by atoms with Crippen molar-refractivity contribution in [2.45, 2.75) is 74.8 Å². The summed E-state index contributed by atoms with van der Waals surface area (Å²) in [5.74, 6) is 3.07. The quantitative estimate of drug-likeness (QED) is 0.242. The van der Waals surface area contributed by atoms with Crippen molar-refractivity contribution in [3.05, 3.63) is 74.5 Å². The first-order valence-electron chi connectivity index (χ1n) is 18.2. The van der Waals surface area contributed by atoms with Crippen LogP contribution in [0.3, 0.4) is 0 Å². The number of likely N-dealkylation sites (N-methyl/N-ethyl adjacent to an activating group) is 1. The van der Waals surface area contributed by atoms with Gasteiger partial charge in [0.1, 0.15) is 29.9 Å². The number of benzene rings is 3. The second-order valence-corrected chi connectivity index (χ2v) is 16.4. The van der Waals surface area contributed by atoms with Crippen LogP contribution in [0, 0.1) is 20.8 Å². The molecule has 3 aromatic carbocycles. The maximum atomic E-state index is 14.7. The minimum atomic E-state index is -1.28. The van der Waals surface area contributed by atoms with Gasteiger partial charge in [0.2, 0.25) is 6.79 Å². The highest BCUT2D eigenvalue weighted by Gasteiger charge is 2.61. The lowest BCUT2D eigenvalue weighted by atomic mass is 9.72. The number of aliphatic hydroxyl groups excluding tert-OH is 1. The van der Waals surface area contributed by atoms with Crippen LogP contribution >= 0.6 is 11.8 Å². The van der Waals surface area contributed by atoms with Gasteiger partial charge in [-0.05, 0) is 86.7 Å². The number of hydrogen-bond donors (Lipinski definition) is 3. The molecule has 0 amide bonds. The van der Waals surface area contributed by atoms with E-state index < -0.39 is 23.8 Å². The van der Waals surface area contributed by atoms with Crippen LogP contribution in [0.5, 0.6) is 28.7 Å². The number of phenols is 1. The molecule has 7 atom stereocenters. The lowest BCUT2D eigenvalue weighted by Crippen LogP contribution is -2.70. The number of carbonyl (C=O) groups is 1. The largest absolute Gasteiger partial charge is 0.504 e. The molecule has 278 valence electrons. The highest BCUT2D eigenvalue weighted by molar-refractivity contribution is 7.99. The number of aryl methyl sites for hydroxylation is 1. The summed E-state index contributed by atoms with van der Waals surface area (Å²) in [6.07, 6.45) is 0.288. The molecule has 11 rings (SSSR count). The first kappa shape index (κ1) is 33.4. The van der Waals surface area contributed by atoms with Gasteiger partial charge in [-0.25, -0.2) is 4.79 Å². The summed E-state index contributed by atoms with van der Waals surface area (Å²) < 4.78 is 36.7. The number of carbonyl (C=O) groups excluding carboxylic acids is 1. The first-order chi connectivity index (χ1) is 25.6. The fourth-order valence-electron chi connectivity index (χ4n) is 10.4. The molecule has 7 aliphatic heterocycles. The highest BCUT2D eigenvalue weighted by Crippen LogP contribution is 2.63. The lowest BCUT2D eigenvalue weighted by molar-refractivity contribution is -0.186. The van der Waals surface area contributed by atoms with Crippen molar-refractivity contribution in [2.75, 3.05) is 47.0 Å². The van der Waals surface area contributed by atoms with E-state index in [1.807, 2.05) is 32.2 Å². The molecule has 0 unspecified atom stereocenters. The second-order valence-electron chi connectivity index (χ2n) is 15.2. The molecule has 12 nitrogen and oxygen atoms in total. The zero-order valence-electron chi connectivity index (χ0n) is 30.6. The van der Waals surface area contributed by atoms with E-state index in [0.717, 1.165) is 55.6 Å². The van der Waals surface area contributed by atoms with E-state index >= 15 is 0 Å². The van der Waals surface area contributed by atoms with Crippen LogP contribution in [-0.2, 0) is 27.9 Å². The fraction of sp³-hybridized carbons (Fsp3) is 0.475. The van der Waals surface area contributed by atoms with Gasteiger partial charge >= 0.3 is 5.97 Å². The minimum absolute atomic E-state index is 0.0406. The third kappa shape index (κ3) is 4.31. The van der Waals surface area contributed by atoms with E-state index in [1.165, 1.54) is 0 Å². The van der Waals surface area contributed by atoms with Crippen LogP contribution < -0.4 is 24.3 Å². The number of esters is 1. The predicted molar refractivity (Wildman–Crippen MR) is 196 cm³/mol. The van der Waals surface area contributed by atoms with Crippen molar-refractivity contribution in [1.29, 1.82) is 0 Å². The molecule has 13 heteroatoms. The van der Waals surface area contributed by atoms with E-state index in [9.17, 15) is 15.0 Å². The summed E-state index contributed by atoms with van der Waals surface area (Å²) in [4.78, 5) is 19.1. The summed E-state index contributed by atoms with van der Waals surface area (Å²) in [7, 11) is 5.27. The Morgan fingerprint density at radius 2 is 1.83 bits per heavy atom. The first-order valence-corrected chi connectivity index (χ1v) is 19.3. The molecule has 7 aliphatic rings. The Labute approximate surface area is 311 Å². The number of piperazine rings is 1. The maximum Gasteiger partial charge on any atom is 0.335 e. The number of hydrogen-bond acceptors (Lipinski definition) is 13. The highest BCUT2D eigenvalue weighted by atomic mass is 32.2. The second kappa shape index (κ2) is 11.7. The lowest BCUT2D eigenvalue weighted by Gasteiger charge is -2.62. The van der Waals surface area contributed by atoms with Gasteiger partial charge in [0.25, 0.3) is 0 Å². The van der Waals surface area contributed by atoms with Gasteiger partial charge in [0.15, 0.2) is 28.5 Å². The molecule has 8 heterocycles. The number of fused-ring (bicyclic) bond motifs is 11. The van der Waals surface area contributed by atoms with Gasteiger partial charge in [-0.1, -0.05) is 6.07 Å². The number of furan rings is 1. The molecule has 0 radical (unpaired) electrons. The number of aliphatic hydroxyl groups is 1. The number of methoxy groups -OCH3 is 2. The molecule has 0 aliphatic carbocycles. The van der Waals surface area contributed by atoms with Crippen molar-refractivity contribution >= 4 is 28.7 Å². The van der Waals surface area contributed by atoms with Crippen molar-refractivity contribution in [3.63, 3.8) is 0 Å². The molecular formula is C40H43N3O9S.